The number of benzene rings is 1. The fourth-order valence-corrected chi connectivity index (χ4v) is 3.48. The molecule has 7 nitrogen and oxygen atoms in total. The number of carbonyl (C=O) groups is 1. The van der Waals surface area contributed by atoms with Crippen LogP contribution in [-0.4, -0.2) is 31.3 Å². The molecule has 2 heterocycles. The first kappa shape index (κ1) is 18.2. The van der Waals surface area contributed by atoms with Crippen LogP contribution in [0.2, 0.25) is 0 Å². The van der Waals surface area contributed by atoms with Crippen LogP contribution in [-0.2, 0) is 14.8 Å². The Bertz CT molecular complexity index is 933. The molecular formula is C18H21N3O4S. The molecule has 0 unspecified atom stereocenters. The van der Waals surface area contributed by atoms with E-state index in [0.29, 0.717) is 29.1 Å². The molecule has 0 fully saturated rings. The van der Waals surface area contributed by atoms with Gasteiger partial charge in [0.2, 0.25) is 15.9 Å². The molecule has 1 aromatic heterocycles. The third-order valence-electron chi connectivity index (χ3n) is 4.05. The number of carbonyl (C=O) groups excluding carboxylic acids is 1. The van der Waals surface area contributed by atoms with E-state index in [1.807, 2.05) is 6.07 Å². The van der Waals surface area contributed by atoms with Gasteiger partial charge in [0.05, 0.1) is 24.2 Å². The van der Waals surface area contributed by atoms with E-state index < -0.39 is 16.1 Å². The third-order valence-corrected chi connectivity index (χ3v) is 4.64. The number of sulfonamides is 1. The van der Waals surface area contributed by atoms with Crippen LogP contribution in [0, 0.1) is 5.92 Å². The Morgan fingerprint density at radius 3 is 2.62 bits per heavy atom. The number of anilines is 1. The van der Waals surface area contributed by atoms with Crippen LogP contribution in [0.1, 0.15) is 37.6 Å². The van der Waals surface area contributed by atoms with Crippen LogP contribution in [0.15, 0.2) is 52.2 Å². The maximum atomic E-state index is 12.7. The molecule has 1 atom stereocenters. The zero-order chi connectivity index (χ0) is 18.9. The van der Waals surface area contributed by atoms with E-state index in [1.165, 1.54) is 5.01 Å². The van der Waals surface area contributed by atoms with Crippen molar-refractivity contribution in [3.63, 3.8) is 0 Å². The number of hydrogen-bond donors (Lipinski definition) is 1. The van der Waals surface area contributed by atoms with E-state index in [9.17, 15) is 13.2 Å². The van der Waals surface area contributed by atoms with E-state index in [-0.39, 0.29) is 11.8 Å². The zero-order valence-corrected chi connectivity index (χ0v) is 15.7. The molecule has 1 aliphatic rings. The Labute approximate surface area is 152 Å². The summed E-state index contributed by atoms with van der Waals surface area (Å²) in [6.45, 7) is 3.61. The fourth-order valence-electron chi connectivity index (χ4n) is 2.89. The summed E-state index contributed by atoms with van der Waals surface area (Å²) in [5.74, 6) is 0.223. The summed E-state index contributed by atoms with van der Waals surface area (Å²) in [5, 5.41) is 5.91. The number of nitrogens with zero attached hydrogens (tertiary/aromatic N) is 2. The third kappa shape index (κ3) is 3.80. The highest BCUT2D eigenvalue weighted by molar-refractivity contribution is 7.92. The predicted octanol–water partition coefficient (Wildman–Crippen LogP) is 2.98. The van der Waals surface area contributed by atoms with Crippen LogP contribution in [0.5, 0.6) is 0 Å². The average Bonchev–Trinajstić information content (AvgIpc) is 3.22. The molecule has 0 bridgehead atoms. The molecule has 0 spiro atoms. The van der Waals surface area contributed by atoms with Gasteiger partial charge >= 0.3 is 0 Å². The van der Waals surface area contributed by atoms with E-state index in [0.717, 1.165) is 6.26 Å². The largest absolute Gasteiger partial charge is 0.463 e. The first-order chi connectivity index (χ1) is 12.3. The summed E-state index contributed by atoms with van der Waals surface area (Å²) in [7, 11) is -3.45. The normalized spacial score (nSPS) is 17.5. The van der Waals surface area contributed by atoms with Crippen molar-refractivity contribution in [2.45, 2.75) is 26.3 Å². The molecule has 1 N–H and O–H groups in total. The van der Waals surface area contributed by atoms with Crippen molar-refractivity contribution in [1.29, 1.82) is 0 Å². The molecule has 0 radical (unpaired) electrons. The maximum Gasteiger partial charge on any atom is 0.245 e. The average molecular weight is 375 g/mol. The second-order valence-electron chi connectivity index (χ2n) is 6.54. The van der Waals surface area contributed by atoms with Crippen molar-refractivity contribution in [1.82, 2.24) is 5.01 Å². The molecular weight excluding hydrogens is 354 g/mol. The predicted molar refractivity (Wildman–Crippen MR) is 99.2 cm³/mol. The Hall–Kier alpha value is -2.61. The van der Waals surface area contributed by atoms with Gasteiger partial charge in [-0.15, -0.1) is 0 Å². The zero-order valence-electron chi connectivity index (χ0n) is 14.8. The summed E-state index contributed by atoms with van der Waals surface area (Å²) in [5.41, 5.74) is 1.79. The molecule has 0 saturated carbocycles. The first-order valence-electron chi connectivity index (χ1n) is 8.27. The molecule has 1 aliphatic heterocycles. The molecule has 138 valence electrons. The molecule has 2 aromatic rings. The molecule has 26 heavy (non-hydrogen) atoms. The van der Waals surface area contributed by atoms with Crippen LogP contribution in [0.25, 0.3) is 0 Å². The van der Waals surface area contributed by atoms with Gasteiger partial charge in [0, 0.05) is 17.9 Å². The number of nitrogens with one attached hydrogen (secondary N) is 1. The van der Waals surface area contributed by atoms with Gasteiger partial charge in [-0.2, -0.15) is 5.10 Å². The van der Waals surface area contributed by atoms with Crippen LogP contribution >= 0.6 is 0 Å². The van der Waals surface area contributed by atoms with E-state index >= 15 is 0 Å². The van der Waals surface area contributed by atoms with Crippen LogP contribution < -0.4 is 4.72 Å². The standard InChI is InChI=1S/C18H21N3O4S/c1-12(2)18(22)21-16(11-15(19-21)17-9-6-10-25-17)13-7-4-5-8-14(13)20-26(3,23)24/h4-10,12,16,20H,11H2,1-3H3/t16-/m1/s1. The van der Waals surface area contributed by atoms with Crippen molar-refractivity contribution in [3.8, 4) is 0 Å². The lowest BCUT2D eigenvalue weighted by atomic mass is 9.98. The molecule has 8 heteroatoms. The van der Waals surface area contributed by atoms with Crippen molar-refractivity contribution in [2.75, 3.05) is 11.0 Å². The van der Waals surface area contributed by atoms with Gasteiger partial charge in [0.25, 0.3) is 0 Å². The Morgan fingerprint density at radius 2 is 2.00 bits per heavy atom. The Kier molecular flexibility index (Phi) is 4.86. The van der Waals surface area contributed by atoms with Gasteiger partial charge in [0.15, 0.2) is 0 Å². The molecule has 1 aromatic carbocycles. The van der Waals surface area contributed by atoms with Crippen molar-refractivity contribution >= 4 is 27.3 Å². The summed E-state index contributed by atoms with van der Waals surface area (Å²) in [4.78, 5) is 12.7. The highest BCUT2D eigenvalue weighted by Gasteiger charge is 2.36. The van der Waals surface area contributed by atoms with Crippen molar-refractivity contribution in [3.05, 3.63) is 54.0 Å². The van der Waals surface area contributed by atoms with Gasteiger partial charge < -0.3 is 4.42 Å². The number of amides is 1. The van der Waals surface area contributed by atoms with Gasteiger partial charge in [-0.05, 0) is 18.2 Å². The molecule has 0 aliphatic carbocycles. The lowest BCUT2D eigenvalue weighted by molar-refractivity contribution is -0.136. The Balaban J connectivity index is 2.02. The minimum Gasteiger partial charge on any atom is -0.463 e. The van der Waals surface area contributed by atoms with Crippen molar-refractivity contribution in [2.24, 2.45) is 11.0 Å². The van der Waals surface area contributed by atoms with Crippen LogP contribution in [0.3, 0.4) is 0 Å². The number of para-hydroxylation sites is 1. The van der Waals surface area contributed by atoms with E-state index in [2.05, 4.69) is 9.82 Å². The number of hydrogen-bond acceptors (Lipinski definition) is 5. The minimum absolute atomic E-state index is 0.134. The number of hydrazone groups is 1. The molecule has 0 saturated heterocycles. The Morgan fingerprint density at radius 1 is 1.27 bits per heavy atom. The second-order valence-corrected chi connectivity index (χ2v) is 8.29. The van der Waals surface area contributed by atoms with Crippen LogP contribution in [0.4, 0.5) is 5.69 Å². The smallest absolute Gasteiger partial charge is 0.245 e. The summed E-state index contributed by atoms with van der Waals surface area (Å²) >= 11 is 0. The van der Waals surface area contributed by atoms with Gasteiger partial charge in [-0.1, -0.05) is 32.0 Å². The summed E-state index contributed by atoms with van der Waals surface area (Å²) < 4.78 is 31.4. The lowest BCUT2D eigenvalue weighted by Gasteiger charge is -2.25. The topological polar surface area (TPSA) is 92.0 Å². The highest BCUT2D eigenvalue weighted by Crippen LogP contribution is 2.37. The van der Waals surface area contributed by atoms with Gasteiger partial charge in [-0.3, -0.25) is 9.52 Å². The summed E-state index contributed by atoms with van der Waals surface area (Å²) in [6, 6.07) is 10.2. The van der Waals surface area contributed by atoms with Gasteiger partial charge in [-0.25, -0.2) is 13.4 Å². The molecule has 1 amide bonds. The number of furan rings is 1. The van der Waals surface area contributed by atoms with E-state index in [4.69, 9.17) is 4.42 Å². The monoisotopic (exact) mass is 375 g/mol. The lowest BCUT2D eigenvalue weighted by Crippen LogP contribution is -2.31. The minimum atomic E-state index is -3.45. The SMILES string of the molecule is CC(C)C(=O)N1N=C(c2ccco2)C[C@@H]1c1ccccc1NS(C)(=O)=O. The second kappa shape index (κ2) is 6.95. The van der Waals surface area contributed by atoms with Gasteiger partial charge in [0.1, 0.15) is 11.5 Å². The molecule has 3 rings (SSSR count). The first-order valence-corrected chi connectivity index (χ1v) is 10.2. The quantitative estimate of drug-likeness (QED) is 0.869. The van der Waals surface area contributed by atoms with E-state index in [1.54, 1.807) is 50.4 Å². The van der Waals surface area contributed by atoms with Crippen molar-refractivity contribution < 1.29 is 17.6 Å². The fraction of sp³-hybridized carbons (Fsp3) is 0.333. The maximum absolute atomic E-state index is 12.7. The highest BCUT2D eigenvalue weighted by atomic mass is 32.2. The summed E-state index contributed by atoms with van der Waals surface area (Å²) in [6.07, 6.45) is 3.09. The number of rotatable bonds is 5.